The average molecular weight is 1890 g/mol. The number of carboxylic acids is 4. The highest BCUT2D eigenvalue weighted by Gasteiger charge is 2.41. The molecule has 46 nitrogen and oxygen atoms in total. The number of amides is 10. The summed E-state index contributed by atoms with van der Waals surface area (Å²) in [6.45, 7) is 13.6. The molecule has 0 aliphatic carbocycles. The summed E-state index contributed by atoms with van der Waals surface area (Å²) in [7, 11) is 3.66. The maximum absolute atomic E-state index is 15.1. The zero-order valence-corrected chi connectivity index (χ0v) is 76.1. The molecule has 131 heavy (non-hydrogen) atoms. The van der Waals surface area contributed by atoms with E-state index in [9.17, 15) is 102 Å². The number of fused-ring (bicyclic) bond motifs is 1. The summed E-state index contributed by atoms with van der Waals surface area (Å²) in [5.74, 6) is -18.9. The minimum atomic E-state index is -2.05. The van der Waals surface area contributed by atoms with Gasteiger partial charge in [-0.2, -0.15) is 4.98 Å². The molecule has 22 N–H and O–H groups in total. The van der Waals surface area contributed by atoms with Crippen molar-refractivity contribution < 1.29 is 116 Å². The Morgan fingerprint density at radius 1 is 0.725 bits per heavy atom. The van der Waals surface area contributed by atoms with Gasteiger partial charge in [0.25, 0.3) is 17.4 Å². The van der Waals surface area contributed by atoms with Gasteiger partial charge < -0.3 is 104 Å². The highest BCUT2D eigenvalue weighted by atomic mass is 33.1. The van der Waals surface area contributed by atoms with Gasteiger partial charge in [0.1, 0.15) is 59.3 Å². The molecule has 1 aliphatic rings. The van der Waals surface area contributed by atoms with E-state index in [2.05, 4.69) is 83.6 Å². The molecule has 1 unspecified atom stereocenters. The standard InChI is InChI=1S/C82H115N21O25S3/c1-10-43(6)65(97-74(118)58-15-11-12-27-102(58)9)77(120)103(40-127-64(111)30-41(2)3)59(42(4)5)35-60(128-45(8)104)76-96-56(38-129-76)73(117)90-49(32-46-16-22-51(105)23-17-46)31-44(7)68(112)100-101-82(125)126-28-29-130-131-39-57(79(123)124)95-72(116)55(34-63(109)110)94-70(114)52(14-13-26-86-80(83)84)92-71(115)54(33-62(107)108)91-61(106)25-24-53(78(121)122)93-69(113)47-18-20-48(21-19-47)87-36-50-37-88-67-66(89-50)75(119)99-81(85)98-67/h16-23,37-38,41-44,49,52-55,57-60,65,87,105H,10-15,24-36,39-40H2,1-9H3,(H,90,117)(H,91,106)(H,92,115)(H,93,113)(H,94,114)(H,95,116)(H,97,118)(H,100,112)(H,101,125)(H,107,108)(H,109,110)(H,121,122)(H,123,124)(H4,83,84,86)(H3,85,88,98,99,119)/t43?,44-,49+,52-,53-,54-,55-,57-,58+,59+,60+,65-/m0/s1. The molecule has 3 aromatic heterocycles. The van der Waals surface area contributed by atoms with Crippen LogP contribution in [0.5, 0.6) is 5.75 Å². The Bertz CT molecular complexity index is 4890. The van der Waals surface area contributed by atoms with Gasteiger partial charge in [0.2, 0.25) is 47.3 Å². The number of aliphatic carboxylic acids is 4. The molecule has 1 saturated heterocycles. The zero-order chi connectivity index (χ0) is 96.9. The number of anilines is 2. The van der Waals surface area contributed by atoms with E-state index in [1.165, 1.54) is 66.7 Å². The quantitative estimate of drug-likeness (QED) is 0.00386. The summed E-state index contributed by atoms with van der Waals surface area (Å²) in [5, 5.41) is 81.4. The van der Waals surface area contributed by atoms with E-state index < -0.39 is 212 Å². The Kier molecular flexibility index (Phi) is 43.3. The maximum Gasteiger partial charge on any atom is 0.426 e. The lowest BCUT2D eigenvalue weighted by molar-refractivity contribution is -0.161. The predicted octanol–water partition coefficient (Wildman–Crippen LogP) is 1.88. The van der Waals surface area contributed by atoms with E-state index in [4.69, 9.17) is 31.1 Å². The number of likely N-dealkylation sites (tertiary alicyclic amines) is 1. The smallest absolute Gasteiger partial charge is 0.426 e. The number of benzene rings is 2. The van der Waals surface area contributed by atoms with Gasteiger partial charge >= 0.3 is 41.9 Å². The third kappa shape index (κ3) is 36.4. The molecule has 1 aliphatic heterocycles. The SMILES string of the molecule is CCC(C)[C@H](NC(=O)[C@H]1CCCCN1C)C(=O)N(COC(=O)CC(C)C)[C@H](C[C@@H](OC(C)=O)c1nc(C(=O)N[C@@H](Cc2ccc(O)cc2)C[C@H](C)C(=O)NNC(=O)OCCSSC[C@H](NC(=O)[C@H](CC(=O)O)NC(=O)[C@H](CCCNC(=N)N)NC(=O)[C@H](CC(=O)O)NC(=O)CC[C@H](NC(=O)c2ccc(NCc3cnc4nc(N)[nH]c(=O)c4n3)cc2)C(=O)O)C(=O)O)cs1)C(C)C. The van der Waals surface area contributed by atoms with Crippen molar-refractivity contribution in [2.24, 2.45) is 29.4 Å². The second-order valence-corrected chi connectivity index (χ2v) is 35.3. The summed E-state index contributed by atoms with van der Waals surface area (Å²) in [4.78, 5) is 248. The van der Waals surface area contributed by atoms with Crippen molar-refractivity contribution >= 4 is 157 Å². The van der Waals surface area contributed by atoms with Crippen LogP contribution < -0.4 is 75.7 Å². The first-order valence-electron chi connectivity index (χ1n) is 42.0. The third-order valence-corrected chi connectivity index (χ3v) is 23.8. The number of hydrogen-bond acceptors (Lipinski definition) is 32. The van der Waals surface area contributed by atoms with Crippen molar-refractivity contribution in [1.29, 1.82) is 5.41 Å². The Morgan fingerprint density at radius 3 is 1.99 bits per heavy atom. The number of rotatable bonds is 53. The van der Waals surface area contributed by atoms with Crippen LogP contribution in [0.2, 0.25) is 0 Å². The fraction of sp³-hybridized carbons (Fsp3) is 0.537. The van der Waals surface area contributed by atoms with Crippen molar-refractivity contribution in [2.45, 2.75) is 212 Å². The number of ether oxygens (including phenoxy) is 3. The number of phenolic OH excluding ortho intramolecular Hbond substituents is 1. The van der Waals surface area contributed by atoms with E-state index in [0.717, 1.165) is 45.8 Å². The first-order chi connectivity index (χ1) is 62.0. The Labute approximate surface area is 764 Å². The number of piperidine rings is 1. The van der Waals surface area contributed by atoms with E-state index in [0.29, 0.717) is 36.3 Å². The topological polar surface area (TPSA) is 701 Å². The number of nitrogens with one attached hydrogen (secondary N) is 13. The van der Waals surface area contributed by atoms with Crippen LogP contribution in [0.1, 0.15) is 182 Å². The highest BCUT2D eigenvalue weighted by Crippen LogP contribution is 2.33. The number of hydrogen-bond donors (Lipinski definition) is 20. The van der Waals surface area contributed by atoms with Gasteiger partial charge in [0.15, 0.2) is 30.0 Å². The van der Waals surface area contributed by atoms with Gasteiger partial charge in [-0.15, -0.1) is 11.3 Å². The number of carbonyl (C=O) groups excluding carboxylic acids is 12. The molecule has 12 atom stereocenters. The van der Waals surface area contributed by atoms with E-state index in [1.54, 1.807) is 12.1 Å². The van der Waals surface area contributed by atoms with E-state index >= 15 is 4.79 Å². The summed E-state index contributed by atoms with van der Waals surface area (Å²) in [5.41, 5.74) is 16.0. The van der Waals surface area contributed by atoms with Crippen LogP contribution in [0.3, 0.4) is 0 Å². The summed E-state index contributed by atoms with van der Waals surface area (Å²) in [6, 6.07) is -0.720. The van der Waals surface area contributed by atoms with Gasteiger partial charge in [-0.25, -0.2) is 34.8 Å². The molecule has 5 aromatic rings. The lowest BCUT2D eigenvalue weighted by Crippen LogP contribution is -2.59. The molecule has 716 valence electrons. The molecule has 0 bridgehead atoms. The van der Waals surface area contributed by atoms with Gasteiger partial charge in [0, 0.05) is 78.9 Å². The van der Waals surface area contributed by atoms with Crippen molar-refractivity contribution in [2.75, 3.05) is 56.0 Å². The van der Waals surface area contributed by atoms with Crippen LogP contribution in [-0.4, -0.2) is 261 Å². The molecule has 6 rings (SSSR count). The summed E-state index contributed by atoms with van der Waals surface area (Å²) < 4.78 is 16.9. The average Bonchev–Trinajstić information content (AvgIpc) is 1.71. The number of carbonyl (C=O) groups is 16. The summed E-state index contributed by atoms with van der Waals surface area (Å²) in [6.07, 6.45) is -2.17. The minimum absolute atomic E-state index is 0.0150. The van der Waals surface area contributed by atoms with Gasteiger partial charge in [-0.1, -0.05) is 95.0 Å². The number of phenols is 1. The number of carboxylic acid groups (broad SMARTS) is 4. The maximum atomic E-state index is 15.1. The normalized spacial score (nSPS) is 15.1. The minimum Gasteiger partial charge on any atom is -0.508 e. The van der Waals surface area contributed by atoms with E-state index in [-0.39, 0.29) is 120 Å². The lowest BCUT2D eigenvalue weighted by atomic mass is 9.92. The van der Waals surface area contributed by atoms with Crippen molar-refractivity contribution in [3.63, 3.8) is 0 Å². The van der Waals surface area contributed by atoms with Crippen LogP contribution in [0.4, 0.5) is 16.4 Å². The molecule has 1 fully saturated rings. The third-order valence-electron chi connectivity index (χ3n) is 20.5. The number of aromatic nitrogens is 5. The number of guanidine groups is 1. The van der Waals surface area contributed by atoms with Crippen LogP contribution >= 0.6 is 32.9 Å². The fourth-order valence-electron chi connectivity index (χ4n) is 13.4. The summed E-state index contributed by atoms with van der Waals surface area (Å²) >= 11 is 0.995. The number of nitrogens with zero attached hydrogens (tertiary/aromatic N) is 6. The zero-order valence-electron chi connectivity index (χ0n) is 73.7. The Hall–Kier alpha value is -13.1. The monoisotopic (exact) mass is 1890 g/mol. The van der Waals surface area contributed by atoms with Gasteiger partial charge in [0.05, 0.1) is 37.3 Å². The highest BCUT2D eigenvalue weighted by molar-refractivity contribution is 8.76. The number of esters is 2. The fourth-order valence-corrected chi connectivity index (χ4v) is 16.2. The van der Waals surface area contributed by atoms with Crippen LogP contribution in [0.25, 0.3) is 11.2 Å². The van der Waals surface area contributed by atoms with Crippen LogP contribution in [-0.2, 0) is 89.5 Å². The van der Waals surface area contributed by atoms with Crippen molar-refractivity contribution in [1.82, 2.24) is 88.1 Å². The number of H-pyrrole nitrogens is 1. The molecule has 0 saturated carbocycles. The lowest BCUT2D eigenvalue weighted by Gasteiger charge is -2.39. The van der Waals surface area contributed by atoms with Crippen molar-refractivity contribution in [3.05, 3.63) is 98.0 Å². The van der Waals surface area contributed by atoms with E-state index in [1.807, 2.05) is 53.5 Å². The molecular formula is C82H115N21O25S3. The second-order valence-electron chi connectivity index (χ2n) is 31.8. The van der Waals surface area contributed by atoms with Gasteiger partial charge in [-0.05, 0) is 118 Å². The molecule has 49 heteroatoms. The van der Waals surface area contributed by atoms with Crippen LogP contribution in [0.15, 0.2) is 64.9 Å². The number of nitrogens with two attached hydrogens (primary N) is 2. The molecule has 0 spiro atoms. The number of hydrazine groups is 1. The molecular weight excluding hydrogens is 1780 g/mol. The van der Waals surface area contributed by atoms with Gasteiger partial charge in [-0.3, -0.25) is 87.8 Å². The number of thiazole rings is 1. The number of nitrogen functional groups attached to an aromatic ring is 1. The predicted molar refractivity (Wildman–Crippen MR) is 476 cm³/mol. The van der Waals surface area contributed by atoms with Crippen LogP contribution in [0, 0.1) is 29.1 Å². The first-order valence-corrected chi connectivity index (χ1v) is 45.3. The first kappa shape index (κ1) is 107. The largest absolute Gasteiger partial charge is 0.508 e. The molecule has 10 amide bonds. The second kappa shape index (κ2) is 53.2. The Morgan fingerprint density at radius 2 is 1.37 bits per heavy atom. The number of aromatic hydroxyl groups is 1. The molecule has 0 radical (unpaired) electrons. The molecule has 2 aromatic carbocycles. The number of likely N-dealkylation sites (N-methyl/N-ethyl adjacent to an activating group) is 1. The number of aromatic amines is 1. The molecule has 4 heterocycles. The Balaban J connectivity index is 1.01. The van der Waals surface area contributed by atoms with Crippen molar-refractivity contribution in [3.8, 4) is 5.75 Å².